The number of anilines is 1. The van der Waals surface area contributed by atoms with Crippen LogP contribution in [-0.4, -0.2) is 76.2 Å². The van der Waals surface area contributed by atoms with Gasteiger partial charge >= 0.3 is 0 Å². The highest BCUT2D eigenvalue weighted by molar-refractivity contribution is 7.95. The molecule has 0 atom stereocenters. The van der Waals surface area contributed by atoms with Crippen molar-refractivity contribution in [2.75, 3.05) is 45.2 Å². The SMILES string of the molecule is CN(C)SNC(=O)c1cc(N2CCC(N3CCCCC3)CC2)c2c(C3CCC3)nn(-c3ccccc3)c2n1. The van der Waals surface area contributed by atoms with Crippen molar-refractivity contribution in [3.63, 3.8) is 0 Å². The van der Waals surface area contributed by atoms with Gasteiger partial charge in [0, 0.05) is 37.2 Å². The summed E-state index contributed by atoms with van der Waals surface area (Å²) >= 11 is 1.27. The Kier molecular flexibility index (Phi) is 7.59. The molecule has 1 saturated carbocycles. The largest absolute Gasteiger partial charge is 0.371 e. The number of nitrogens with zero attached hydrogens (tertiary/aromatic N) is 6. The Labute approximate surface area is 230 Å². The van der Waals surface area contributed by atoms with Crippen molar-refractivity contribution in [1.82, 2.24) is 28.7 Å². The number of carbonyl (C=O) groups excluding carboxylic acids is 1. The summed E-state index contributed by atoms with van der Waals surface area (Å²) in [6.45, 7) is 4.48. The smallest absolute Gasteiger partial charge is 0.280 e. The number of hydrogen-bond donors (Lipinski definition) is 1. The van der Waals surface area contributed by atoms with Crippen molar-refractivity contribution in [2.45, 2.75) is 63.3 Å². The number of piperidine rings is 2. The average molecular weight is 534 g/mol. The summed E-state index contributed by atoms with van der Waals surface area (Å²) in [6.07, 6.45) is 9.93. The van der Waals surface area contributed by atoms with Crippen molar-refractivity contribution in [3.05, 3.63) is 47.8 Å². The number of benzene rings is 1. The Hall–Kier alpha value is -2.62. The lowest BCUT2D eigenvalue weighted by Gasteiger charge is -2.41. The first-order valence-electron chi connectivity index (χ1n) is 14.2. The fraction of sp³-hybridized carbons (Fsp3) is 0.552. The Morgan fingerprint density at radius 2 is 1.71 bits per heavy atom. The zero-order valence-electron chi connectivity index (χ0n) is 22.6. The van der Waals surface area contributed by atoms with Crippen LogP contribution in [0.4, 0.5) is 5.69 Å². The summed E-state index contributed by atoms with van der Waals surface area (Å²) < 4.78 is 6.77. The van der Waals surface area contributed by atoms with Crippen LogP contribution >= 0.6 is 12.1 Å². The summed E-state index contributed by atoms with van der Waals surface area (Å²) in [5.74, 6) is 0.277. The van der Waals surface area contributed by atoms with Gasteiger partial charge in [-0.25, -0.2) is 14.0 Å². The first-order valence-corrected chi connectivity index (χ1v) is 15.0. The van der Waals surface area contributed by atoms with Gasteiger partial charge in [-0.3, -0.25) is 9.52 Å². The second-order valence-corrected chi connectivity index (χ2v) is 12.3. The molecule has 2 aromatic heterocycles. The van der Waals surface area contributed by atoms with Crippen molar-refractivity contribution in [3.8, 4) is 5.69 Å². The molecular formula is C29H39N7OS. The zero-order chi connectivity index (χ0) is 26.1. The molecule has 202 valence electrons. The number of carbonyl (C=O) groups is 1. The lowest BCUT2D eigenvalue weighted by Crippen LogP contribution is -2.46. The first-order chi connectivity index (χ1) is 18.6. The average Bonchev–Trinajstić information content (AvgIpc) is 3.30. The molecule has 0 spiro atoms. The highest BCUT2D eigenvalue weighted by Crippen LogP contribution is 2.43. The standard InChI is InChI=1S/C29H39N7OS/c1-33(2)38-32-29(37)24-20-25(35-18-14-22(15-19-35)34-16-7-4-8-17-34)26-27(21-10-9-11-21)31-36(28(26)30-24)23-12-5-3-6-13-23/h3,5-6,12-13,20-22H,4,7-11,14-19H2,1-2H3,(H,32,37). The van der Waals surface area contributed by atoms with Crippen LogP contribution in [0, 0.1) is 0 Å². The molecule has 9 heteroatoms. The lowest BCUT2D eigenvalue weighted by atomic mass is 9.82. The molecule has 8 nitrogen and oxygen atoms in total. The fourth-order valence-electron chi connectivity index (χ4n) is 6.15. The number of aromatic nitrogens is 3. The van der Waals surface area contributed by atoms with Crippen molar-refractivity contribution < 1.29 is 4.79 Å². The third-order valence-corrected chi connectivity index (χ3v) is 9.04. The van der Waals surface area contributed by atoms with Gasteiger partial charge in [0.1, 0.15) is 5.69 Å². The molecule has 3 aromatic rings. The minimum Gasteiger partial charge on any atom is -0.371 e. The fourth-order valence-corrected chi connectivity index (χ4v) is 6.52. The van der Waals surface area contributed by atoms with E-state index >= 15 is 0 Å². The van der Waals surface area contributed by atoms with Crippen molar-refractivity contribution in [1.29, 1.82) is 0 Å². The zero-order valence-corrected chi connectivity index (χ0v) is 23.4. The molecule has 1 aliphatic carbocycles. The van der Waals surface area contributed by atoms with Gasteiger partial charge in [0.2, 0.25) is 0 Å². The maximum absolute atomic E-state index is 13.3. The van der Waals surface area contributed by atoms with Crippen LogP contribution in [0.15, 0.2) is 36.4 Å². The minimum atomic E-state index is -0.180. The monoisotopic (exact) mass is 533 g/mol. The van der Waals surface area contributed by atoms with E-state index in [4.69, 9.17) is 10.1 Å². The van der Waals surface area contributed by atoms with Crippen LogP contribution in [0.1, 0.15) is 73.5 Å². The first kappa shape index (κ1) is 25.6. The Morgan fingerprint density at radius 3 is 2.37 bits per heavy atom. The van der Waals surface area contributed by atoms with Gasteiger partial charge < -0.3 is 9.80 Å². The van der Waals surface area contributed by atoms with Crippen molar-refractivity contribution >= 4 is 34.8 Å². The van der Waals surface area contributed by atoms with E-state index in [0.29, 0.717) is 17.7 Å². The summed E-state index contributed by atoms with van der Waals surface area (Å²) in [7, 11) is 3.82. The van der Waals surface area contributed by atoms with Crippen LogP contribution in [0.2, 0.25) is 0 Å². The second kappa shape index (κ2) is 11.2. The highest BCUT2D eigenvalue weighted by atomic mass is 32.2. The highest BCUT2D eigenvalue weighted by Gasteiger charge is 2.32. The van der Waals surface area contributed by atoms with Crippen LogP contribution < -0.4 is 9.62 Å². The summed E-state index contributed by atoms with van der Waals surface area (Å²) in [5, 5.41) is 6.31. The van der Waals surface area contributed by atoms with Gasteiger partial charge in [-0.15, -0.1) is 0 Å². The maximum atomic E-state index is 13.3. The van der Waals surface area contributed by atoms with E-state index in [9.17, 15) is 4.79 Å². The molecule has 38 heavy (non-hydrogen) atoms. The summed E-state index contributed by atoms with van der Waals surface area (Å²) in [5.41, 5.74) is 4.47. The molecule has 2 saturated heterocycles. The maximum Gasteiger partial charge on any atom is 0.280 e. The van der Waals surface area contributed by atoms with Gasteiger partial charge in [0.05, 0.1) is 22.5 Å². The molecule has 3 fully saturated rings. The van der Waals surface area contributed by atoms with Crippen LogP contribution in [-0.2, 0) is 0 Å². The molecule has 2 aliphatic heterocycles. The van der Waals surface area contributed by atoms with E-state index in [-0.39, 0.29) is 5.91 Å². The quantitative estimate of drug-likeness (QED) is 0.429. The predicted molar refractivity (Wildman–Crippen MR) is 155 cm³/mol. The number of hydrogen-bond acceptors (Lipinski definition) is 7. The Morgan fingerprint density at radius 1 is 0.974 bits per heavy atom. The number of amides is 1. The third-order valence-electron chi connectivity index (χ3n) is 8.40. The number of nitrogens with one attached hydrogen (secondary N) is 1. The molecule has 1 N–H and O–H groups in total. The van der Waals surface area contributed by atoms with Crippen LogP contribution in [0.25, 0.3) is 16.7 Å². The van der Waals surface area contributed by atoms with Gasteiger partial charge in [-0.05, 0) is 83.9 Å². The Bertz CT molecular complexity index is 1260. The van der Waals surface area contributed by atoms with Crippen LogP contribution in [0.3, 0.4) is 0 Å². The minimum absolute atomic E-state index is 0.180. The topological polar surface area (TPSA) is 69.5 Å². The van der Waals surface area contributed by atoms with E-state index in [2.05, 4.69) is 26.7 Å². The lowest BCUT2D eigenvalue weighted by molar-refractivity contribution is 0.0979. The Balaban J connectivity index is 1.41. The normalized spacial score (nSPS) is 19.7. The van der Waals surface area contributed by atoms with E-state index in [0.717, 1.165) is 54.0 Å². The molecule has 0 radical (unpaired) electrons. The number of pyridine rings is 1. The van der Waals surface area contributed by atoms with E-state index in [1.807, 2.05) is 47.3 Å². The van der Waals surface area contributed by atoms with E-state index in [1.165, 1.54) is 63.7 Å². The second-order valence-electron chi connectivity index (χ2n) is 11.1. The number of fused-ring (bicyclic) bond motifs is 1. The molecular weight excluding hydrogens is 494 g/mol. The number of para-hydroxylation sites is 1. The molecule has 3 aliphatic rings. The van der Waals surface area contributed by atoms with Gasteiger partial charge in [-0.1, -0.05) is 31.0 Å². The van der Waals surface area contributed by atoms with Gasteiger partial charge in [0.25, 0.3) is 5.91 Å². The molecule has 1 aromatic carbocycles. The molecule has 6 rings (SSSR count). The van der Waals surface area contributed by atoms with Crippen LogP contribution in [0.5, 0.6) is 0 Å². The third kappa shape index (κ3) is 5.16. The van der Waals surface area contributed by atoms with E-state index < -0.39 is 0 Å². The summed E-state index contributed by atoms with van der Waals surface area (Å²) in [4.78, 5) is 23.4. The molecule has 0 bridgehead atoms. The molecule has 1 amide bonds. The molecule has 0 unspecified atom stereocenters. The van der Waals surface area contributed by atoms with E-state index in [1.54, 1.807) is 0 Å². The number of rotatable bonds is 7. The predicted octanol–water partition coefficient (Wildman–Crippen LogP) is 5.00. The molecule has 4 heterocycles. The van der Waals surface area contributed by atoms with Gasteiger partial charge in [-0.2, -0.15) is 5.10 Å². The van der Waals surface area contributed by atoms with Crippen molar-refractivity contribution in [2.24, 2.45) is 0 Å². The number of likely N-dealkylation sites (tertiary alicyclic amines) is 1. The summed E-state index contributed by atoms with van der Waals surface area (Å²) in [6, 6.07) is 12.9. The van der Waals surface area contributed by atoms with Gasteiger partial charge in [0.15, 0.2) is 5.65 Å².